The van der Waals surface area contributed by atoms with Gasteiger partial charge in [-0.25, -0.2) is 4.98 Å². The van der Waals surface area contributed by atoms with Gasteiger partial charge in [0.25, 0.3) is 0 Å². The molecule has 0 spiro atoms. The predicted molar refractivity (Wildman–Crippen MR) is 70.9 cm³/mol. The quantitative estimate of drug-likeness (QED) is 0.882. The van der Waals surface area contributed by atoms with E-state index in [0.717, 1.165) is 16.4 Å². The smallest absolute Gasteiger partial charge is 0.195 e. The van der Waals surface area contributed by atoms with E-state index in [-0.39, 0.29) is 0 Å². The van der Waals surface area contributed by atoms with Crippen LogP contribution in [-0.2, 0) is 11.2 Å². The number of nitrogen functional groups attached to an aromatic ring is 1. The van der Waals surface area contributed by atoms with Crippen molar-refractivity contribution in [3.63, 3.8) is 0 Å². The predicted octanol–water partition coefficient (Wildman–Crippen LogP) is 3.00. The normalized spacial score (nSPS) is 13.1. The number of oxazole rings is 1. The van der Waals surface area contributed by atoms with Gasteiger partial charge in [0.1, 0.15) is 5.52 Å². The number of benzene rings is 1. The van der Waals surface area contributed by atoms with Gasteiger partial charge in [0.05, 0.1) is 5.69 Å². The molecule has 5 heteroatoms. The summed E-state index contributed by atoms with van der Waals surface area (Å²) in [6.07, 6.45) is 0.750. The average molecular weight is 299 g/mol. The van der Waals surface area contributed by atoms with Crippen molar-refractivity contribution in [2.45, 2.75) is 13.3 Å². The molecule has 0 bridgehead atoms. The van der Waals surface area contributed by atoms with Crippen LogP contribution in [0.5, 0.6) is 0 Å². The number of nitrogens with zero attached hydrogens (tertiary/aromatic N) is 1. The van der Waals surface area contributed by atoms with Crippen LogP contribution in [0.4, 0.5) is 5.69 Å². The Morgan fingerprint density at radius 3 is 3.00 bits per heavy atom. The van der Waals surface area contributed by atoms with Crippen LogP contribution < -0.4 is 5.73 Å². The molecule has 2 N–H and O–H groups in total. The maximum atomic E-state index is 5.87. The molecular weight excluding hydrogens is 284 g/mol. The van der Waals surface area contributed by atoms with Crippen LogP contribution >= 0.6 is 15.9 Å². The number of anilines is 1. The first-order valence-electron chi connectivity index (χ1n) is 5.43. The molecule has 2 rings (SSSR count). The molecule has 1 unspecified atom stereocenters. The fourth-order valence-electron chi connectivity index (χ4n) is 1.80. The number of rotatable bonds is 4. The van der Waals surface area contributed by atoms with Crippen LogP contribution in [0, 0.1) is 5.92 Å². The van der Waals surface area contributed by atoms with Crippen LogP contribution in [0.3, 0.4) is 0 Å². The third-order valence-corrected chi connectivity index (χ3v) is 2.96. The second-order valence-corrected chi connectivity index (χ2v) is 5.13. The lowest BCUT2D eigenvalue weighted by molar-refractivity contribution is 0.156. The number of methoxy groups -OCH3 is 1. The number of aromatic nitrogens is 1. The Hall–Kier alpha value is -1.07. The van der Waals surface area contributed by atoms with Gasteiger partial charge in [0.15, 0.2) is 11.5 Å². The maximum Gasteiger partial charge on any atom is 0.195 e. The maximum absolute atomic E-state index is 5.87. The van der Waals surface area contributed by atoms with Gasteiger partial charge in [-0.1, -0.05) is 22.9 Å². The van der Waals surface area contributed by atoms with E-state index in [1.165, 1.54) is 0 Å². The fourth-order valence-corrected chi connectivity index (χ4v) is 2.26. The van der Waals surface area contributed by atoms with Crippen LogP contribution in [-0.4, -0.2) is 18.7 Å². The van der Waals surface area contributed by atoms with E-state index < -0.39 is 0 Å². The zero-order valence-corrected chi connectivity index (χ0v) is 11.5. The van der Waals surface area contributed by atoms with Gasteiger partial charge in [-0.2, -0.15) is 0 Å². The lowest BCUT2D eigenvalue weighted by atomic mass is 10.1. The first kappa shape index (κ1) is 12.4. The van der Waals surface area contributed by atoms with Crippen LogP contribution in [0.25, 0.3) is 11.1 Å². The van der Waals surface area contributed by atoms with E-state index in [2.05, 4.69) is 27.8 Å². The highest BCUT2D eigenvalue weighted by molar-refractivity contribution is 9.10. The largest absolute Gasteiger partial charge is 0.439 e. The minimum Gasteiger partial charge on any atom is -0.439 e. The molecule has 0 saturated heterocycles. The van der Waals surface area contributed by atoms with Crippen molar-refractivity contribution in [3.05, 3.63) is 22.5 Å². The molecule has 17 heavy (non-hydrogen) atoms. The molecule has 4 nitrogen and oxygen atoms in total. The lowest BCUT2D eigenvalue weighted by Crippen LogP contribution is -2.06. The number of nitrogens with two attached hydrogens (primary N) is 1. The van der Waals surface area contributed by atoms with Crippen molar-refractivity contribution < 1.29 is 9.15 Å². The molecule has 1 atom stereocenters. The van der Waals surface area contributed by atoms with E-state index in [9.17, 15) is 0 Å². The van der Waals surface area contributed by atoms with Crippen LogP contribution in [0.2, 0.25) is 0 Å². The molecule has 0 aliphatic rings. The Kier molecular flexibility index (Phi) is 3.69. The van der Waals surface area contributed by atoms with Crippen molar-refractivity contribution in [1.29, 1.82) is 0 Å². The molecule has 0 fully saturated rings. The van der Waals surface area contributed by atoms with Crippen molar-refractivity contribution in [3.8, 4) is 0 Å². The zero-order valence-electron chi connectivity index (χ0n) is 9.87. The van der Waals surface area contributed by atoms with Crippen LogP contribution in [0.15, 0.2) is 21.0 Å². The van der Waals surface area contributed by atoms with Crippen molar-refractivity contribution in [2.24, 2.45) is 5.92 Å². The van der Waals surface area contributed by atoms with Gasteiger partial charge >= 0.3 is 0 Å². The Morgan fingerprint density at radius 2 is 2.29 bits per heavy atom. The topological polar surface area (TPSA) is 61.3 Å². The van der Waals surface area contributed by atoms with Crippen LogP contribution in [0.1, 0.15) is 12.8 Å². The number of halogens is 1. The summed E-state index contributed by atoms with van der Waals surface area (Å²) >= 11 is 3.39. The summed E-state index contributed by atoms with van der Waals surface area (Å²) in [7, 11) is 1.69. The van der Waals surface area contributed by atoms with Crippen molar-refractivity contribution >= 4 is 32.7 Å². The van der Waals surface area contributed by atoms with E-state index in [0.29, 0.717) is 29.7 Å². The summed E-state index contributed by atoms with van der Waals surface area (Å²) in [4.78, 5) is 4.42. The Bertz CT molecular complexity index is 524. The summed E-state index contributed by atoms with van der Waals surface area (Å²) in [6.45, 7) is 2.79. The van der Waals surface area contributed by atoms with Gasteiger partial charge in [0, 0.05) is 24.6 Å². The summed E-state index contributed by atoms with van der Waals surface area (Å²) in [5.74, 6) is 1.08. The third kappa shape index (κ3) is 2.79. The first-order valence-corrected chi connectivity index (χ1v) is 6.23. The fraction of sp³-hybridized carbons (Fsp3) is 0.417. The second-order valence-electron chi connectivity index (χ2n) is 4.22. The van der Waals surface area contributed by atoms with Gasteiger partial charge in [-0.3, -0.25) is 0 Å². The standard InChI is InChI=1S/C12H15BrN2O2/c1-7(6-16-2)3-11-15-10-5-8(13)4-9(14)12(10)17-11/h4-5,7H,3,6,14H2,1-2H3. The number of fused-ring (bicyclic) bond motifs is 1. The average Bonchev–Trinajstić information content (AvgIpc) is 2.60. The highest BCUT2D eigenvalue weighted by atomic mass is 79.9. The summed E-state index contributed by atoms with van der Waals surface area (Å²) in [5.41, 5.74) is 7.92. The summed E-state index contributed by atoms with van der Waals surface area (Å²) < 4.78 is 11.7. The Balaban J connectivity index is 2.28. The van der Waals surface area contributed by atoms with E-state index in [1.54, 1.807) is 7.11 Å². The highest BCUT2D eigenvalue weighted by Gasteiger charge is 2.12. The Labute approximate surface area is 108 Å². The molecule has 0 amide bonds. The molecule has 0 aliphatic carbocycles. The van der Waals surface area contributed by atoms with E-state index >= 15 is 0 Å². The molecule has 2 aromatic rings. The summed E-state index contributed by atoms with van der Waals surface area (Å²) in [5, 5.41) is 0. The van der Waals surface area contributed by atoms with Gasteiger partial charge in [-0.15, -0.1) is 0 Å². The highest BCUT2D eigenvalue weighted by Crippen LogP contribution is 2.27. The monoisotopic (exact) mass is 298 g/mol. The molecule has 92 valence electrons. The van der Waals surface area contributed by atoms with Gasteiger partial charge in [0.2, 0.25) is 0 Å². The molecule has 0 aliphatic heterocycles. The van der Waals surface area contributed by atoms with Gasteiger partial charge < -0.3 is 14.9 Å². The zero-order chi connectivity index (χ0) is 12.4. The Morgan fingerprint density at radius 1 is 1.53 bits per heavy atom. The van der Waals surface area contributed by atoms with Crippen molar-refractivity contribution in [1.82, 2.24) is 4.98 Å². The number of hydrogen-bond donors (Lipinski definition) is 1. The van der Waals surface area contributed by atoms with Crippen molar-refractivity contribution in [2.75, 3.05) is 19.5 Å². The number of hydrogen-bond acceptors (Lipinski definition) is 4. The molecule has 1 heterocycles. The molecule has 0 saturated carbocycles. The molecule has 1 aromatic heterocycles. The summed E-state index contributed by atoms with van der Waals surface area (Å²) in [6, 6.07) is 3.72. The minimum absolute atomic E-state index is 0.373. The lowest BCUT2D eigenvalue weighted by Gasteiger charge is -2.05. The number of ether oxygens (including phenoxy) is 1. The third-order valence-electron chi connectivity index (χ3n) is 2.50. The SMILES string of the molecule is COCC(C)Cc1nc2cc(Br)cc(N)c2o1. The first-order chi connectivity index (χ1) is 8.10. The molecule has 0 radical (unpaired) electrons. The minimum atomic E-state index is 0.373. The second kappa shape index (κ2) is 5.06. The van der Waals surface area contributed by atoms with E-state index in [4.69, 9.17) is 14.9 Å². The van der Waals surface area contributed by atoms with E-state index in [1.807, 2.05) is 12.1 Å². The molecular formula is C12H15BrN2O2. The molecule has 1 aromatic carbocycles. The van der Waals surface area contributed by atoms with Gasteiger partial charge in [-0.05, 0) is 18.1 Å².